The Morgan fingerprint density at radius 3 is 3.07 bits per heavy atom. The van der Waals surface area contributed by atoms with E-state index in [1.165, 1.54) is 0 Å². The first-order valence-corrected chi connectivity index (χ1v) is 4.64. The number of aromatic nitrogens is 3. The second kappa shape index (κ2) is 2.95. The number of hydrogen-bond donors (Lipinski definition) is 1. The predicted molar refractivity (Wildman–Crippen MR) is 57.9 cm³/mol. The number of nitrogens with one attached hydrogen (secondary N) is 1. The molecule has 2 aromatic heterocycles. The van der Waals surface area contributed by atoms with Crippen molar-refractivity contribution in [3.8, 4) is 5.75 Å². The van der Waals surface area contributed by atoms with E-state index >= 15 is 0 Å². The predicted octanol–water partition coefficient (Wildman–Crippen LogP) is 2.12. The van der Waals surface area contributed by atoms with Gasteiger partial charge in [0.15, 0.2) is 0 Å². The number of nitrogens with zero attached hydrogens (tertiary/aromatic N) is 2. The number of ether oxygens (including phenoxy) is 1. The lowest BCUT2D eigenvalue weighted by Gasteiger charge is -1.97. The Kier molecular flexibility index (Phi) is 1.62. The average molecular weight is 199 g/mol. The Hall–Kier alpha value is -2.10. The topological polar surface area (TPSA) is 50.8 Å². The highest BCUT2D eigenvalue weighted by atomic mass is 16.5. The molecule has 4 heteroatoms. The molecule has 0 aliphatic carbocycles. The molecular weight excluding hydrogens is 190 g/mol. The quantitative estimate of drug-likeness (QED) is 0.653. The van der Waals surface area contributed by atoms with Crippen LogP contribution < -0.4 is 4.74 Å². The molecule has 4 nitrogen and oxygen atoms in total. The van der Waals surface area contributed by atoms with Crippen LogP contribution >= 0.6 is 0 Å². The van der Waals surface area contributed by atoms with Gasteiger partial charge in [-0.25, -0.2) is 9.97 Å². The maximum absolute atomic E-state index is 5.18. The molecule has 0 spiro atoms. The van der Waals surface area contributed by atoms with Crippen LogP contribution in [0.3, 0.4) is 0 Å². The van der Waals surface area contributed by atoms with Crippen molar-refractivity contribution in [3.05, 3.63) is 30.7 Å². The van der Waals surface area contributed by atoms with E-state index in [-0.39, 0.29) is 0 Å². The third-order valence-corrected chi connectivity index (χ3v) is 2.46. The molecule has 3 aromatic rings. The molecule has 0 amide bonds. The van der Waals surface area contributed by atoms with E-state index in [4.69, 9.17) is 4.74 Å². The van der Waals surface area contributed by atoms with Gasteiger partial charge in [-0.1, -0.05) is 0 Å². The maximum atomic E-state index is 5.18. The van der Waals surface area contributed by atoms with Crippen LogP contribution in [0.4, 0.5) is 0 Å². The summed E-state index contributed by atoms with van der Waals surface area (Å²) in [5.41, 5.74) is 2.92. The van der Waals surface area contributed by atoms with Crippen LogP contribution in [0.25, 0.3) is 21.9 Å². The standard InChI is InChI=1S/C11H9N3O/c1-15-7-2-3-9-8(4-7)11-10(14-9)5-12-6-13-11/h2-6,14H,1H3. The zero-order valence-electron chi connectivity index (χ0n) is 8.19. The Bertz CT molecular complexity index is 630. The molecule has 0 aliphatic rings. The van der Waals surface area contributed by atoms with E-state index in [0.717, 1.165) is 27.7 Å². The van der Waals surface area contributed by atoms with Gasteiger partial charge in [0.2, 0.25) is 0 Å². The largest absolute Gasteiger partial charge is 0.497 e. The van der Waals surface area contributed by atoms with Crippen molar-refractivity contribution < 1.29 is 4.74 Å². The fourth-order valence-electron chi connectivity index (χ4n) is 1.74. The minimum Gasteiger partial charge on any atom is -0.497 e. The monoisotopic (exact) mass is 199 g/mol. The molecule has 1 N–H and O–H groups in total. The van der Waals surface area contributed by atoms with E-state index in [1.807, 2.05) is 18.2 Å². The maximum Gasteiger partial charge on any atom is 0.119 e. The van der Waals surface area contributed by atoms with Crippen LogP contribution in [0.1, 0.15) is 0 Å². The van der Waals surface area contributed by atoms with Gasteiger partial charge < -0.3 is 9.72 Å². The highest BCUT2D eigenvalue weighted by molar-refractivity contribution is 6.04. The molecule has 15 heavy (non-hydrogen) atoms. The van der Waals surface area contributed by atoms with Crippen molar-refractivity contribution in [2.45, 2.75) is 0 Å². The third-order valence-electron chi connectivity index (χ3n) is 2.46. The Labute approximate surface area is 85.9 Å². The molecular formula is C11H9N3O. The van der Waals surface area contributed by atoms with Gasteiger partial charge in [0.25, 0.3) is 0 Å². The van der Waals surface area contributed by atoms with Crippen molar-refractivity contribution >= 4 is 21.9 Å². The van der Waals surface area contributed by atoms with Crippen molar-refractivity contribution in [1.82, 2.24) is 15.0 Å². The number of methoxy groups -OCH3 is 1. The van der Waals surface area contributed by atoms with Crippen LogP contribution in [0.2, 0.25) is 0 Å². The molecule has 1 aromatic carbocycles. The van der Waals surface area contributed by atoms with Crippen molar-refractivity contribution in [1.29, 1.82) is 0 Å². The lowest BCUT2D eigenvalue weighted by Crippen LogP contribution is -1.81. The Morgan fingerprint density at radius 1 is 1.27 bits per heavy atom. The molecule has 74 valence electrons. The number of rotatable bonds is 1. The molecule has 0 saturated heterocycles. The Balaban J connectivity index is 2.46. The van der Waals surface area contributed by atoms with Gasteiger partial charge in [0.05, 0.1) is 24.3 Å². The number of H-pyrrole nitrogens is 1. The number of aromatic amines is 1. The van der Waals surface area contributed by atoms with Crippen LogP contribution in [0, 0.1) is 0 Å². The second-order valence-corrected chi connectivity index (χ2v) is 3.32. The first-order chi connectivity index (χ1) is 7.38. The fourth-order valence-corrected chi connectivity index (χ4v) is 1.74. The molecule has 0 aliphatic heterocycles. The molecule has 0 fully saturated rings. The first-order valence-electron chi connectivity index (χ1n) is 4.64. The van der Waals surface area contributed by atoms with Gasteiger partial charge >= 0.3 is 0 Å². The average Bonchev–Trinajstić information content (AvgIpc) is 2.66. The number of fused-ring (bicyclic) bond motifs is 3. The molecule has 0 unspecified atom stereocenters. The van der Waals surface area contributed by atoms with E-state index in [1.54, 1.807) is 19.6 Å². The second-order valence-electron chi connectivity index (χ2n) is 3.32. The zero-order chi connectivity index (χ0) is 10.3. The summed E-state index contributed by atoms with van der Waals surface area (Å²) in [6.07, 6.45) is 3.32. The summed E-state index contributed by atoms with van der Waals surface area (Å²) in [6.45, 7) is 0. The molecule has 2 heterocycles. The molecule has 0 bridgehead atoms. The van der Waals surface area contributed by atoms with Crippen LogP contribution in [-0.4, -0.2) is 22.1 Å². The normalized spacial score (nSPS) is 11.0. The summed E-state index contributed by atoms with van der Waals surface area (Å²) in [6, 6.07) is 5.88. The van der Waals surface area contributed by atoms with Crippen molar-refractivity contribution in [2.75, 3.05) is 7.11 Å². The molecule has 0 radical (unpaired) electrons. The summed E-state index contributed by atoms with van der Waals surface area (Å²) in [4.78, 5) is 11.5. The molecule has 0 saturated carbocycles. The summed E-state index contributed by atoms with van der Waals surface area (Å²) in [5, 5.41) is 1.06. The van der Waals surface area contributed by atoms with E-state index in [2.05, 4.69) is 15.0 Å². The van der Waals surface area contributed by atoms with Crippen LogP contribution in [0.5, 0.6) is 5.75 Å². The number of hydrogen-bond acceptors (Lipinski definition) is 3. The summed E-state index contributed by atoms with van der Waals surface area (Å²) in [7, 11) is 1.66. The lowest BCUT2D eigenvalue weighted by atomic mass is 10.2. The first kappa shape index (κ1) is 8.23. The third kappa shape index (κ3) is 1.15. The van der Waals surface area contributed by atoms with Gasteiger partial charge in [0, 0.05) is 10.9 Å². The van der Waals surface area contributed by atoms with Crippen LogP contribution in [-0.2, 0) is 0 Å². The van der Waals surface area contributed by atoms with E-state index < -0.39 is 0 Å². The summed E-state index contributed by atoms with van der Waals surface area (Å²) < 4.78 is 5.18. The van der Waals surface area contributed by atoms with Gasteiger partial charge in [-0.05, 0) is 18.2 Å². The van der Waals surface area contributed by atoms with Crippen molar-refractivity contribution in [2.24, 2.45) is 0 Å². The van der Waals surface area contributed by atoms with E-state index in [0.29, 0.717) is 0 Å². The molecule has 3 rings (SSSR count). The van der Waals surface area contributed by atoms with E-state index in [9.17, 15) is 0 Å². The van der Waals surface area contributed by atoms with Crippen LogP contribution in [0.15, 0.2) is 30.7 Å². The van der Waals surface area contributed by atoms with Gasteiger partial charge in [0.1, 0.15) is 12.1 Å². The lowest BCUT2D eigenvalue weighted by molar-refractivity contribution is 0.415. The SMILES string of the molecule is COc1ccc2[nH]c3cncnc3c2c1. The van der Waals surface area contributed by atoms with Crippen molar-refractivity contribution in [3.63, 3.8) is 0 Å². The summed E-state index contributed by atoms with van der Waals surface area (Å²) >= 11 is 0. The summed E-state index contributed by atoms with van der Waals surface area (Å²) in [5.74, 6) is 0.835. The highest BCUT2D eigenvalue weighted by Gasteiger charge is 2.05. The van der Waals surface area contributed by atoms with Gasteiger partial charge in [-0.15, -0.1) is 0 Å². The minimum atomic E-state index is 0.835. The van der Waals surface area contributed by atoms with Gasteiger partial charge in [-0.3, -0.25) is 0 Å². The highest BCUT2D eigenvalue weighted by Crippen LogP contribution is 2.26. The minimum absolute atomic E-state index is 0.835. The Morgan fingerprint density at radius 2 is 2.20 bits per heavy atom. The fraction of sp³-hybridized carbons (Fsp3) is 0.0909. The number of benzene rings is 1. The molecule has 0 atom stereocenters. The smallest absolute Gasteiger partial charge is 0.119 e. The zero-order valence-corrected chi connectivity index (χ0v) is 8.19. The van der Waals surface area contributed by atoms with Gasteiger partial charge in [-0.2, -0.15) is 0 Å².